The molecule has 0 amide bonds. The van der Waals surface area contributed by atoms with Crippen molar-refractivity contribution in [2.24, 2.45) is 0 Å². The molecule has 4 heterocycles. The first-order valence-corrected chi connectivity index (χ1v) is 13.1. The van der Waals surface area contributed by atoms with Gasteiger partial charge in [-0.05, 0) is 30.3 Å². The zero-order valence-corrected chi connectivity index (χ0v) is 22.6. The first-order valence-electron chi connectivity index (χ1n) is 13.1. The van der Waals surface area contributed by atoms with Gasteiger partial charge in [-0.1, -0.05) is 6.07 Å². The van der Waals surface area contributed by atoms with Crippen molar-refractivity contribution in [3.63, 3.8) is 0 Å². The normalized spacial score (nSPS) is 12.9. The Kier molecular flexibility index (Phi) is 7.30. The molecule has 1 aliphatic heterocycles. The van der Waals surface area contributed by atoms with Gasteiger partial charge in [-0.25, -0.2) is 23.8 Å². The highest BCUT2D eigenvalue weighted by Gasteiger charge is 2.26. The minimum absolute atomic E-state index is 0.0503. The lowest BCUT2D eigenvalue weighted by Crippen LogP contribution is -2.21. The lowest BCUT2D eigenvalue weighted by Gasteiger charge is -2.16. The van der Waals surface area contributed by atoms with E-state index in [0.29, 0.717) is 44.3 Å². The smallest absolute Gasteiger partial charge is 0.335 e. The lowest BCUT2D eigenvalue weighted by atomic mass is 10.1. The molecule has 2 aromatic carbocycles. The summed E-state index contributed by atoms with van der Waals surface area (Å²) in [6.07, 6.45) is 3.42. The molecule has 3 aromatic heterocycles. The third kappa shape index (κ3) is 5.40. The van der Waals surface area contributed by atoms with Gasteiger partial charge in [0.1, 0.15) is 18.2 Å². The maximum atomic E-state index is 14.2. The Morgan fingerprint density at radius 3 is 2.81 bits per heavy atom. The van der Waals surface area contributed by atoms with Crippen LogP contribution in [-0.4, -0.2) is 59.0 Å². The number of benzene rings is 2. The van der Waals surface area contributed by atoms with E-state index in [-0.39, 0.29) is 23.6 Å². The quantitative estimate of drug-likeness (QED) is 0.266. The highest BCUT2D eigenvalue weighted by molar-refractivity contribution is 5.92. The van der Waals surface area contributed by atoms with Crippen LogP contribution < -0.4 is 4.74 Å². The molecule has 0 atom stereocenters. The third-order valence-corrected chi connectivity index (χ3v) is 6.98. The van der Waals surface area contributed by atoms with Crippen LogP contribution in [0.15, 0.2) is 54.9 Å². The molecule has 0 aliphatic carbocycles. The van der Waals surface area contributed by atoms with E-state index < -0.39 is 11.8 Å². The van der Waals surface area contributed by atoms with Gasteiger partial charge in [0.25, 0.3) is 5.95 Å². The number of carboxylic acids is 1. The van der Waals surface area contributed by atoms with Gasteiger partial charge < -0.3 is 19.1 Å². The van der Waals surface area contributed by atoms with Crippen LogP contribution >= 0.6 is 0 Å². The van der Waals surface area contributed by atoms with Crippen LogP contribution in [-0.2, 0) is 37.5 Å². The number of aromatic carboxylic acids is 1. The van der Waals surface area contributed by atoms with E-state index in [1.54, 1.807) is 42.3 Å². The van der Waals surface area contributed by atoms with Crippen molar-refractivity contribution in [1.29, 1.82) is 5.26 Å². The van der Waals surface area contributed by atoms with Crippen LogP contribution in [0, 0.1) is 17.1 Å². The van der Waals surface area contributed by atoms with Gasteiger partial charge in [-0.15, -0.1) is 0 Å². The van der Waals surface area contributed by atoms with Gasteiger partial charge in [-0.2, -0.15) is 15.3 Å². The summed E-state index contributed by atoms with van der Waals surface area (Å²) in [5, 5.41) is 23.0. The predicted octanol–water partition coefficient (Wildman–Crippen LogP) is 3.46. The van der Waals surface area contributed by atoms with Crippen LogP contribution in [0.5, 0.6) is 5.88 Å². The number of carbonyl (C=O) groups is 1. The van der Waals surface area contributed by atoms with E-state index in [1.165, 1.54) is 18.2 Å². The number of ether oxygens (including phenoxy) is 2. The summed E-state index contributed by atoms with van der Waals surface area (Å²) in [5.74, 6) is -0.0994. The number of aromatic nitrogens is 6. The topological polar surface area (TPSA) is 144 Å². The molecule has 0 bridgehead atoms. The minimum Gasteiger partial charge on any atom is -0.478 e. The van der Waals surface area contributed by atoms with E-state index >= 15 is 0 Å². The van der Waals surface area contributed by atoms with E-state index in [9.17, 15) is 14.3 Å². The fourth-order valence-electron chi connectivity index (χ4n) is 4.90. The second kappa shape index (κ2) is 11.4. The van der Waals surface area contributed by atoms with Crippen molar-refractivity contribution in [1.82, 2.24) is 34.2 Å². The number of nitriles is 1. The van der Waals surface area contributed by atoms with Gasteiger partial charge in [0, 0.05) is 56.3 Å². The molecule has 1 aliphatic rings. The average molecular weight is 569 g/mol. The molecule has 42 heavy (non-hydrogen) atoms. The molecule has 5 aromatic rings. The molecule has 1 N–H and O–H groups in total. The maximum Gasteiger partial charge on any atom is 0.335 e. The van der Waals surface area contributed by atoms with E-state index in [1.807, 2.05) is 16.8 Å². The first-order chi connectivity index (χ1) is 20.4. The molecule has 0 unspecified atom stereocenters. The highest BCUT2D eigenvalue weighted by Crippen LogP contribution is 2.26. The lowest BCUT2D eigenvalue weighted by molar-refractivity contribution is 0.0697. The third-order valence-electron chi connectivity index (χ3n) is 6.98. The van der Waals surface area contributed by atoms with Crippen molar-refractivity contribution in [2.45, 2.75) is 32.8 Å². The minimum atomic E-state index is -0.985. The van der Waals surface area contributed by atoms with Gasteiger partial charge in [-0.3, -0.25) is 4.90 Å². The van der Waals surface area contributed by atoms with E-state index in [4.69, 9.17) is 19.7 Å². The average Bonchev–Trinajstić information content (AvgIpc) is 3.66. The second-order valence-corrected chi connectivity index (χ2v) is 9.77. The molecule has 0 fully saturated rings. The van der Waals surface area contributed by atoms with Crippen molar-refractivity contribution in [2.75, 3.05) is 13.7 Å². The number of carboxylic acid groups (broad SMARTS) is 1. The molecule has 0 spiro atoms. The first kappa shape index (κ1) is 27.0. The molecular weight excluding hydrogens is 543 g/mol. The van der Waals surface area contributed by atoms with E-state index in [2.05, 4.69) is 20.0 Å². The summed E-state index contributed by atoms with van der Waals surface area (Å²) in [6.45, 7) is 2.73. The standard InChI is InChI=1S/C29H25FN8O4/c1-41-9-8-37-25-11-19(28(39)40)4-5-23(25)33-26(37)16-36-13-21-14-38(35-24(21)15-36)29-32-7-6-27(34-29)42-17-20-3-2-18(12-31)10-22(20)30/h2-7,10-11,14H,8-9,13,15-17H2,1H3,(H,39,40). The predicted molar refractivity (Wildman–Crippen MR) is 146 cm³/mol. The van der Waals surface area contributed by atoms with Crippen LogP contribution in [0.4, 0.5) is 4.39 Å². The molecule has 0 radical (unpaired) electrons. The van der Waals surface area contributed by atoms with Gasteiger partial charge in [0.2, 0.25) is 5.88 Å². The van der Waals surface area contributed by atoms with Crippen molar-refractivity contribution in [3.8, 4) is 17.9 Å². The Hall–Kier alpha value is -5.19. The monoisotopic (exact) mass is 568 g/mol. The highest BCUT2D eigenvalue weighted by atomic mass is 19.1. The van der Waals surface area contributed by atoms with E-state index in [0.717, 1.165) is 28.1 Å². The summed E-state index contributed by atoms with van der Waals surface area (Å²) in [6, 6.07) is 12.6. The number of nitrogens with zero attached hydrogens (tertiary/aromatic N) is 8. The van der Waals surface area contributed by atoms with Gasteiger partial charge in [0.05, 0.1) is 47.1 Å². The largest absolute Gasteiger partial charge is 0.478 e. The summed E-state index contributed by atoms with van der Waals surface area (Å²) in [4.78, 5) is 27.2. The van der Waals surface area contributed by atoms with Gasteiger partial charge >= 0.3 is 5.97 Å². The molecular formula is C29H25FN8O4. The summed E-state index contributed by atoms with van der Waals surface area (Å²) >= 11 is 0. The second-order valence-electron chi connectivity index (χ2n) is 9.77. The summed E-state index contributed by atoms with van der Waals surface area (Å²) in [7, 11) is 1.63. The number of rotatable bonds is 10. The Bertz CT molecular complexity index is 1820. The number of hydrogen-bond acceptors (Lipinski definition) is 9. The molecule has 212 valence electrons. The molecule has 0 saturated heterocycles. The molecule has 6 rings (SSSR count). The molecule has 12 nitrogen and oxygen atoms in total. The van der Waals surface area contributed by atoms with Crippen LogP contribution in [0.3, 0.4) is 0 Å². The molecule has 13 heteroatoms. The van der Waals surface area contributed by atoms with Crippen molar-refractivity contribution < 1.29 is 23.8 Å². The summed E-state index contributed by atoms with van der Waals surface area (Å²) in [5.41, 5.74) is 4.16. The van der Waals surface area contributed by atoms with Crippen LogP contribution in [0.25, 0.3) is 17.0 Å². The fraction of sp³-hybridized carbons (Fsp3) is 0.241. The number of fused-ring (bicyclic) bond motifs is 2. The zero-order chi connectivity index (χ0) is 29.2. The number of halogens is 1. The Labute approximate surface area is 239 Å². The Balaban J connectivity index is 1.15. The Morgan fingerprint density at radius 1 is 1.17 bits per heavy atom. The van der Waals surface area contributed by atoms with Crippen molar-refractivity contribution in [3.05, 3.63) is 94.4 Å². The number of methoxy groups -OCH3 is 1. The number of imidazole rings is 1. The maximum absolute atomic E-state index is 14.2. The van der Waals surface area contributed by atoms with Crippen LogP contribution in [0.1, 0.15) is 38.6 Å². The Morgan fingerprint density at radius 2 is 2.05 bits per heavy atom. The SMILES string of the molecule is COCCn1c(CN2Cc3cn(-c4nccc(OCc5ccc(C#N)cc5F)n4)nc3C2)nc2ccc(C(=O)O)cc21. The summed E-state index contributed by atoms with van der Waals surface area (Å²) < 4.78 is 28.8. The number of hydrogen-bond donors (Lipinski definition) is 1. The van der Waals surface area contributed by atoms with Gasteiger partial charge in [0.15, 0.2) is 0 Å². The zero-order valence-electron chi connectivity index (χ0n) is 22.6. The fourth-order valence-corrected chi connectivity index (χ4v) is 4.90. The van der Waals surface area contributed by atoms with Crippen molar-refractivity contribution >= 4 is 17.0 Å². The van der Waals surface area contributed by atoms with Crippen LogP contribution in [0.2, 0.25) is 0 Å². The molecule has 0 saturated carbocycles.